The Bertz CT molecular complexity index is 1340. The van der Waals surface area contributed by atoms with Crippen molar-refractivity contribution in [3.05, 3.63) is 89.6 Å². The molecule has 2 unspecified atom stereocenters. The van der Waals surface area contributed by atoms with Gasteiger partial charge in [0.25, 0.3) is 0 Å². The van der Waals surface area contributed by atoms with Crippen molar-refractivity contribution in [2.45, 2.75) is 18.5 Å². The fourth-order valence-corrected chi connectivity index (χ4v) is 3.58. The lowest BCUT2D eigenvalue weighted by atomic mass is 10.1. The van der Waals surface area contributed by atoms with E-state index in [4.69, 9.17) is 15.7 Å². The van der Waals surface area contributed by atoms with E-state index in [2.05, 4.69) is 0 Å². The standard InChI is InChI=1S/C24H18F3N3O3/c25-24(26,27)20-10-9-17(11-14(20)12-28)33-16-7-5-15(6-8-16)30-13-19(22(31)23(29)32)18-3-1-2-4-21(18)30/h1-11,13,22-23,31-32H,29H2. The molecular formula is C24H18F3N3O3. The van der Waals surface area contributed by atoms with E-state index in [1.54, 1.807) is 36.5 Å². The number of benzene rings is 3. The maximum Gasteiger partial charge on any atom is 0.417 e. The number of aliphatic hydroxyl groups is 2. The fraction of sp³-hybridized carbons (Fsp3) is 0.125. The summed E-state index contributed by atoms with van der Waals surface area (Å²) in [7, 11) is 0. The second kappa shape index (κ2) is 8.60. The average molecular weight is 453 g/mol. The zero-order valence-electron chi connectivity index (χ0n) is 17.0. The van der Waals surface area contributed by atoms with Gasteiger partial charge in [-0.1, -0.05) is 18.2 Å². The molecule has 1 heterocycles. The van der Waals surface area contributed by atoms with Crippen LogP contribution >= 0.6 is 0 Å². The number of nitriles is 1. The SMILES string of the molecule is N#Cc1cc(Oc2ccc(-n3cc(C(O)C(N)O)c4ccccc43)cc2)ccc1C(F)(F)F. The van der Waals surface area contributed by atoms with Crippen LogP contribution in [0.4, 0.5) is 13.2 Å². The normalized spacial score (nSPS) is 13.5. The number of para-hydroxylation sites is 1. The van der Waals surface area contributed by atoms with Gasteiger partial charge in [-0.2, -0.15) is 18.4 Å². The Balaban J connectivity index is 1.64. The monoisotopic (exact) mass is 453 g/mol. The van der Waals surface area contributed by atoms with Gasteiger partial charge in [0.1, 0.15) is 23.8 Å². The van der Waals surface area contributed by atoms with E-state index in [1.807, 2.05) is 28.8 Å². The molecule has 0 aliphatic heterocycles. The van der Waals surface area contributed by atoms with Crippen molar-refractivity contribution in [3.63, 3.8) is 0 Å². The molecule has 4 aromatic rings. The van der Waals surface area contributed by atoms with Crippen LogP contribution in [0, 0.1) is 11.3 Å². The highest BCUT2D eigenvalue weighted by molar-refractivity contribution is 5.86. The Hall–Kier alpha value is -3.84. The van der Waals surface area contributed by atoms with Crippen molar-refractivity contribution in [3.8, 4) is 23.3 Å². The van der Waals surface area contributed by atoms with Crippen LogP contribution in [-0.4, -0.2) is 21.0 Å². The van der Waals surface area contributed by atoms with E-state index in [0.717, 1.165) is 29.1 Å². The third-order valence-corrected chi connectivity index (χ3v) is 5.15. The lowest BCUT2D eigenvalue weighted by Gasteiger charge is -2.12. The summed E-state index contributed by atoms with van der Waals surface area (Å²) >= 11 is 0. The minimum absolute atomic E-state index is 0.0982. The van der Waals surface area contributed by atoms with Crippen LogP contribution in [0.1, 0.15) is 22.8 Å². The maximum atomic E-state index is 13.0. The van der Waals surface area contributed by atoms with Crippen molar-refractivity contribution >= 4 is 10.9 Å². The third-order valence-electron chi connectivity index (χ3n) is 5.15. The summed E-state index contributed by atoms with van der Waals surface area (Å²) in [6.45, 7) is 0. The molecule has 0 saturated heterocycles. The number of hydrogen-bond donors (Lipinski definition) is 3. The zero-order valence-corrected chi connectivity index (χ0v) is 17.0. The highest BCUT2D eigenvalue weighted by Crippen LogP contribution is 2.35. The predicted octanol–water partition coefficient (Wildman–Crippen LogP) is 4.62. The first kappa shape index (κ1) is 22.4. The van der Waals surface area contributed by atoms with Crippen LogP contribution in [0.25, 0.3) is 16.6 Å². The maximum absolute atomic E-state index is 13.0. The van der Waals surface area contributed by atoms with Crippen LogP contribution in [0.2, 0.25) is 0 Å². The molecule has 4 N–H and O–H groups in total. The topological polar surface area (TPSA) is 104 Å². The fourth-order valence-electron chi connectivity index (χ4n) is 3.58. The first-order chi connectivity index (χ1) is 15.7. The van der Waals surface area contributed by atoms with Crippen molar-refractivity contribution in [2.24, 2.45) is 5.73 Å². The Kier molecular flexibility index (Phi) is 5.82. The first-order valence-electron chi connectivity index (χ1n) is 9.80. The highest BCUT2D eigenvalue weighted by Gasteiger charge is 2.33. The van der Waals surface area contributed by atoms with Gasteiger partial charge in [0.2, 0.25) is 0 Å². The number of nitrogens with two attached hydrogens (primary N) is 1. The molecule has 0 amide bonds. The molecule has 0 radical (unpaired) electrons. The number of aliphatic hydroxyl groups excluding tert-OH is 2. The van der Waals surface area contributed by atoms with Crippen LogP contribution in [0.5, 0.6) is 11.5 Å². The van der Waals surface area contributed by atoms with Crippen LogP contribution in [0.15, 0.2) is 72.9 Å². The molecule has 0 bridgehead atoms. The smallest absolute Gasteiger partial charge is 0.417 e. The number of rotatable bonds is 5. The van der Waals surface area contributed by atoms with Crippen LogP contribution in [0.3, 0.4) is 0 Å². The molecular weight excluding hydrogens is 435 g/mol. The molecule has 0 spiro atoms. The summed E-state index contributed by atoms with van der Waals surface area (Å²) in [5.41, 5.74) is 5.87. The largest absolute Gasteiger partial charge is 0.457 e. The van der Waals surface area contributed by atoms with Gasteiger partial charge >= 0.3 is 6.18 Å². The molecule has 1 aromatic heterocycles. The first-order valence-corrected chi connectivity index (χ1v) is 9.80. The second-order valence-corrected chi connectivity index (χ2v) is 7.32. The van der Waals surface area contributed by atoms with Crippen molar-refractivity contribution in [1.29, 1.82) is 5.26 Å². The Morgan fingerprint density at radius 3 is 2.27 bits per heavy atom. The average Bonchev–Trinajstić information content (AvgIpc) is 3.18. The molecule has 6 nitrogen and oxygen atoms in total. The Morgan fingerprint density at radius 2 is 1.64 bits per heavy atom. The summed E-state index contributed by atoms with van der Waals surface area (Å²) in [6, 6.07) is 18.6. The van der Waals surface area contributed by atoms with E-state index in [-0.39, 0.29) is 5.75 Å². The van der Waals surface area contributed by atoms with Gasteiger partial charge in [0.05, 0.1) is 22.7 Å². The molecule has 0 aliphatic carbocycles. The molecule has 4 rings (SSSR count). The molecule has 2 atom stereocenters. The minimum Gasteiger partial charge on any atom is -0.457 e. The molecule has 9 heteroatoms. The summed E-state index contributed by atoms with van der Waals surface area (Å²) in [5.74, 6) is 0.456. The van der Waals surface area contributed by atoms with Crippen LogP contribution < -0.4 is 10.5 Å². The van der Waals surface area contributed by atoms with E-state index in [1.165, 1.54) is 0 Å². The summed E-state index contributed by atoms with van der Waals surface area (Å²) in [5, 5.41) is 29.7. The number of aromatic nitrogens is 1. The van der Waals surface area contributed by atoms with Gasteiger partial charge in [0.15, 0.2) is 0 Å². The number of ether oxygens (including phenoxy) is 1. The number of fused-ring (bicyclic) bond motifs is 1. The van der Waals surface area contributed by atoms with Gasteiger partial charge < -0.3 is 25.3 Å². The van der Waals surface area contributed by atoms with Crippen molar-refractivity contribution in [1.82, 2.24) is 4.57 Å². The lowest BCUT2D eigenvalue weighted by Crippen LogP contribution is -2.27. The van der Waals surface area contributed by atoms with Crippen molar-refractivity contribution < 1.29 is 28.1 Å². The van der Waals surface area contributed by atoms with Gasteiger partial charge in [0, 0.05) is 22.8 Å². The lowest BCUT2D eigenvalue weighted by molar-refractivity contribution is -0.137. The third kappa shape index (κ3) is 4.40. The van der Waals surface area contributed by atoms with Gasteiger partial charge in [-0.25, -0.2) is 0 Å². The van der Waals surface area contributed by atoms with Gasteiger partial charge in [-0.15, -0.1) is 0 Å². The molecule has 33 heavy (non-hydrogen) atoms. The number of nitrogens with zero attached hydrogens (tertiary/aromatic N) is 2. The highest BCUT2D eigenvalue weighted by atomic mass is 19.4. The molecule has 0 fully saturated rings. The summed E-state index contributed by atoms with van der Waals surface area (Å²) < 4.78 is 46.4. The number of alkyl halides is 3. The van der Waals surface area contributed by atoms with E-state index in [9.17, 15) is 23.4 Å². The zero-order chi connectivity index (χ0) is 23.8. The minimum atomic E-state index is -4.63. The van der Waals surface area contributed by atoms with Crippen LogP contribution in [-0.2, 0) is 6.18 Å². The second-order valence-electron chi connectivity index (χ2n) is 7.32. The van der Waals surface area contributed by atoms with E-state index >= 15 is 0 Å². The van der Waals surface area contributed by atoms with E-state index in [0.29, 0.717) is 17.0 Å². The molecule has 0 aliphatic rings. The predicted molar refractivity (Wildman–Crippen MR) is 115 cm³/mol. The Labute approximate surface area is 186 Å². The number of halogens is 3. The van der Waals surface area contributed by atoms with Crippen molar-refractivity contribution in [2.75, 3.05) is 0 Å². The summed E-state index contributed by atoms with van der Waals surface area (Å²) in [4.78, 5) is 0. The molecule has 168 valence electrons. The van der Waals surface area contributed by atoms with E-state index < -0.39 is 29.6 Å². The quantitative estimate of drug-likeness (QED) is 0.383. The number of hydrogen-bond acceptors (Lipinski definition) is 5. The molecule has 3 aromatic carbocycles. The van der Waals surface area contributed by atoms with Gasteiger partial charge in [-0.3, -0.25) is 0 Å². The van der Waals surface area contributed by atoms with Gasteiger partial charge in [-0.05, 0) is 48.5 Å². The molecule has 0 saturated carbocycles. The Morgan fingerprint density at radius 1 is 0.970 bits per heavy atom. The summed E-state index contributed by atoms with van der Waals surface area (Å²) in [6.07, 6.45) is -5.66.